The maximum absolute atomic E-state index is 13.2. The van der Waals surface area contributed by atoms with Gasteiger partial charge >= 0.3 is 0 Å². The molecule has 1 aromatic carbocycles. The van der Waals surface area contributed by atoms with Gasteiger partial charge in [-0.2, -0.15) is 0 Å². The van der Waals surface area contributed by atoms with Crippen LogP contribution in [-0.2, 0) is 27.8 Å². The highest BCUT2D eigenvalue weighted by atomic mass is 32.2. The van der Waals surface area contributed by atoms with Crippen molar-refractivity contribution in [2.24, 2.45) is 13.0 Å². The smallest absolute Gasteiger partial charge is 0.252 e. The summed E-state index contributed by atoms with van der Waals surface area (Å²) in [6.07, 6.45) is 3.82. The summed E-state index contributed by atoms with van der Waals surface area (Å²) < 4.78 is 20.1. The topological polar surface area (TPSA) is 101 Å². The van der Waals surface area contributed by atoms with Crippen molar-refractivity contribution in [3.63, 3.8) is 0 Å². The van der Waals surface area contributed by atoms with Crippen LogP contribution in [-0.4, -0.2) is 49.7 Å². The molecule has 3 aromatic rings. The minimum atomic E-state index is -0.376. The summed E-state index contributed by atoms with van der Waals surface area (Å²) in [5, 5.41) is 7.63. The lowest BCUT2D eigenvalue weighted by Gasteiger charge is -2.42. The number of aromatic nitrogens is 3. The summed E-state index contributed by atoms with van der Waals surface area (Å²) in [5.74, 6) is -0.720. The molecule has 11 heteroatoms. The zero-order chi connectivity index (χ0) is 22.2. The van der Waals surface area contributed by atoms with E-state index in [0.717, 1.165) is 11.3 Å². The molecule has 0 radical (unpaired) electrons. The van der Waals surface area contributed by atoms with E-state index in [4.69, 9.17) is 4.74 Å². The van der Waals surface area contributed by atoms with Gasteiger partial charge in [-0.3, -0.25) is 9.59 Å². The number of anilines is 1. The van der Waals surface area contributed by atoms with Gasteiger partial charge in [-0.1, -0.05) is 0 Å². The molecular weight excluding hydrogens is 453 g/mol. The van der Waals surface area contributed by atoms with Crippen molar-refractivity contribution in [1.82, 2.24) is 19.9 Å². The minimum Gasteiger partial charge on any atom is -0.363 e. The van der Waals surface area contributed by atoms with Crippen LogP contribution >= 0.6 is 23.1 Å². The van der Waals surface area contributed by atoms with Gasteiger partial charge in [-0.15, -0.1) is 23.1 Å². The molecule has 8 nitrogen and oxygen atoms in total. The first-order valence-electron chi connectivity index (χ1n) is 10.0. The molecular formula is C21H20FN5O3S2. The predicted octanol–water partition coefficient (Wildman–Crippen LogP) is 2.44. The first kappa shape index (κ1) is 21.1. The fourth-order valence-corrected chi connectivity index (χ4v) is 5.59. The molecule has 0 aliphatic carbocycles. The minimum absolute atomic E-state index is 0.103. The number of carbonyl (C=O) groups excluding carboxylic acids is 2. The van der Waals surface area contributed by atoms with Gasteiger partial charge in [0.2, 0.25) is 5.91 Å². The van der Waals surface area contributed by atoms with Crippen molar-refractivity contribution in [3.05, 3.63) is 53.7 Å². The molecule has 3 unspecified atom stereocenters. The Labute approximate surface area is 191 Å². The molecule has 2 saturated heterocycles. The Morgan fingerprint density at radius 3 is 2.75 bits per heavy atom. The number of rotatable bonds is 7. The van der Waals surface area contributed by atoms with Crippen molar-refractivity contribution >= 4 is 40.0 Å². The number of ether oxygens (including phenoxy) is 1. The van der Waals surface area contributed by atoms with Crippen LogP contribution in [0.1, 0.15) is 5.69 Å². The maximum atomic E-state index is 13.2. The molecule has 0 bridgehead atoms. The van der Waals surface area contributed by atoms with Gasteiger partial charge in [0.25, 0.3) is 5.91 Å². The van der Waals surface area contributed by atoms with Crippen LogP contribution in [0.25, 0.3) is 11.3 Å². The van der Waals surface area contributed by atoms with Crippen LogP contribution in [0.5, 0.6) is 0 Å². The van der Waals surface area contributed by atoms with Crippen molar-refractivity contribution in [2.75, 3.05) is 11.9 Å². The van der Waals surface area contributed by atoms with E-state index in [1.54, 1.807) is 18.5 Å². The molecule has 166 valence electrons. The van der Waals surface area contributed by atoms with E-state index in [1.165, 1.54) is 35.2 Å². The fraction of sp³-hybridized carbons (Fsp3) is 0.333. The van der Waals surface area contributed by atoms with Gasteiger partial charge in [0.15, 0.2) is 11.2 Å². The van der Waals surface area contributed by atoms with E-state index in [-0.39, 0.29) is 40.3 Å². The van der Waals surface area contributed by atoms with Gasteiger partial charge in [0.1, 0.15) is 5.82 Å². The first-order chi connectivity index (χ1) is 15.5. The van der Waals surface area contributed by atoms with Crippen LogP contribution in [0.15, 0.2) is 42.2 Å². The van der Waals surface area contributed by atoms with Crippen LogP contribution in [0, 0.1) is 11.7 Å². The molecule has 2 aliphatic heterocycles. The number of thiazole rings is 1. The number of hydrogen-bond acceptors (Lipinski definition) is 7. The molecule has 0 saturated carbocycles. The third-order valence-corrected chi connectivity index (χ3v) is 7.69. The van der Waals surface area contributed by atoms with Crippen molar-refractivity contribution in [3.8, 4) is 11.3 Å². The van der Waals surface area contributed by atoms with Crippen molar-refractivity contribution in [2.45, 2.75) is 23.1 Å². The van der Waals surface area contributed by atoms with Crippen LogP contribution in [0.3, 0.4) is 0 Å². The zero-order valence-electron chi connectivity index (χ0n) is 17.0. The highest BCUT2D eigenvalue weighted by Gasteiger charge is 2.48. The first-order valence-corrected chi connectivity index (χ1v) is 11.8. The number of carbonyl (C=O) groups is 2. The summed E-state index contributed by atoms with van der Waals surface area (Å²) in [5.41, 5.74) is 2.32. The van der Waals surface area contributed by atoms with Crippen LogP contribution in [0.4, 0.5) is 9.52 Å². The highest BCUT2D eigenvalue weighted by molar-refractivity contribution is 8.02. The maximum Gasteiger partial charge on any atom is 0.252 e. The molecule has 2 fully saturated rings. The van der Waals surface area contributed by atoms with Crippen LogP contribution in [0.2, 0.25) is 0 Å². The molecule has 4 heterocycles. The number of thioether (sulfide) groups is 1. The van der Waals surface area contributed by atoms with Gasteiger partial charge in [-0.05, 0) is 30.7 Å². The van der Waals surface area contributed by atoms with Crippen LogP contribution < -0.4 is 10.6 Å². The Bertz CT molecular complexity index is 1140. The molecule has 2 aromatic heterocycles. The Morgan fingerprint density at radius 1 is 1.28 bits per heavy atom. The van der Waals surface area contributed by atoms with Gasteiger partial charge in [0.05, 0.1) is 34.9 Å². The Balaban J connectivity index is 1.26. The molecule has 0 spiro atoms. The number of nitrogens with one attached hydrogen (secondary N) is 2. The number of halogens is 1. The van der Waals surface area contributed by atoms with Gasteiger partial charge in [0, 0.05) is 30.1 Å². The third kappa shape index (κ3) is 4.54. The number of epoxide rings is 1. The molecule has 2 N–H and O–H groups in total. The Hall–Kier alpha value is -2.76. The lowest BCUT2D eigenvalue weighted by atomic mass is 9.96. The van der Waals surface area contributed by atoms with Crippen molar-refractivity contribution in [1.29, 1.82) is 0 Å². The van der Waals surface area contributed by atoms with E-state index >= 15 is 0 Å². The monoisotopic (exact) mass is 473 g/mol. The summed E-state index contributed by atoms with van der Waals surface area (Å²) >= 11 is 2.73. The lowest BCUT2D eigenvalue weighted by molar-refractivity contribution is -0.123. The standard InChI is InChI=1S/C21H20FN5O3S2/c1-27-7-13(23-10-27)6-14-17(32-20(14)25-18(28)16-8-30-16)19(29)26-21-24-15(9-31-21)11-2-4-12(22)5-3-11/h2-5,7,9-10,14,16-17,20H,6,8H2,1H3,(H,25,28)(H,24,26,29)/t14-,16?,17?,20?/m0/s1. The molecule has 2 amide bonds. The average molecular weight is 474 g/mol. The summed E-state index contributed by atoms with van der Waals surface area (Å²) in [7, 11) is 1.89. The predicted molar refractivity (Wildman–Crippen MR) is 120 cm³/mol. The second kappa shape index (κ2) is 8.64. The average Bonchev–Trinajstić information content (AvgIpc) is 3.39. The Morgan fingerprint density at radius 2 is 2.06 bits per heavy atom. The SMILES string of the molecule is Cn1cnc(C[C@@H]2C(NC(=O)C3CO3)SC2C(=O)Nc2nc(-c3ccc(F)cc3)cs2)c1. The summed E-state index contributed by atoms with van der Waals surface area (Å²) in [6, 6.07) is 6.05. The zero-order valence-corrected chi connectivity index (χ0v) is 18.7. The van der Waals surface area contributed by atoms with E-state index in [0.29, 0.717) is 23.9 Å². The van der Waals surface area contributed by atoms with Gasteiger partial charge in [-0.25, -0.2) is 14.4 Å². The quantitative estimate of drug-likeness (QED) is 0.511. The number of imidazole rings is 1. The molecule has 2 aliphatic rings. The summed E-state index contributed by atoms with van der Waals surface area (Å²) in [4.78, 5) is 33.9. The second-order valence-corrected chi connectivity index (χ2v) is 9.89. The Kier molecular flexibility index (Phi) is 5.70. The van der Waals surface area contributed by atoms with E-state index in [9.17, 15) is 14.0 Å². The number of hydrogen-bond donors (Lipinski definition) is 2. The lowest BCUT2D eigenvalue weighted by Crippen LogP contribution is -2.56. The number of amides is 2. The van der Waals surface area contributed by atoms with E-state index < -0.39 is 0 Å². The number of aryl methyl sites for hydroxylation is 1. The van der Waals surface area contributed by atoms with Crippen molar-refractivity contribution < 1.29 is 18.7 Å². The normalized spacial score (nSPS) is 23.9. The largest absolute Gasteiger partial charge is 0.363 e. The number of nitrogens with zero attached hydrogens (tertiary/aromatic N) is 3. The number of benzene rings is 1. The van der Waals surface area contributed by atoms with Gasteiger partial charge < -0.3 is 19.9 Å². The molecule has 4 atom stereocenters. The second-order valence-electron chi connectivity index (χ2n) is 7.74. The van der Waals surface area contributed by atoms with E-state index in [1.807, 2.05) is 23.2 Å². The van der Waals surface area contributed by atoms with E-state index in [2.05, 4.69) is 20.6 Å². The third-order valence-electron chi connectivity index (χ3n) is 5.32. The fourth-order valence-electron chi connectivity index (χ4n) is 3.55. The molecule has 32 heavy (non-hydrogen) atoms. The molecule has 5 rings (SSSR count). The summed E-state index contributed by atoms with van der Waals surface area (Å²) in [6.45, 7) is 0.443. The highest BCUT2D eigenvalue weighted by Crippen LogP contribution is 2.43.